The summed E-state index contributed by atoms with van der Waals surface area (Å²) in [5.74, 6) is 0. The van der Waals surface area contributed by atoms with Crippen molar-refractivity contribution in [1.82, 2.24) is 15.2 Å². The second-order valence-corrected chi connectivity index (χ2v) is 2.21. The zero-order valence-corrected chi connectivity index (χ0v) is 5.92. The number of nitrogens with one attached hydrogen (secondary N) is 1. The van der Waals surface area contributed by atoms with Crippen molar-refractivity contribution >= 4 is 22.6 Å². The third-order valence-electron chi connectivity index (χ3n) is 0.547. The number of H-pyrrole nitrogens is 1. The van der Waals surface area contributed by atoms with Gasteiger partial charge in [-0.15, -0.1) is 0 Å². The maximum atomic E-state index is 10.2. The fourth-order valence-electron chi connectivity index (χ4n) is 0.271. The van der Waals surface area contributed by atoms with Gasteiger partial charge in [0, 0.05) is 0 Å². The number of hydrogen-bond donors (Lipinski definition) is 1. The zero-order valence-electron chi connectivity index (χ0n) is 3.76. The first-order valence-electron chi connectivity index (χ1n) is 1.86. The van der Waals surface area contributed by atoms with E-state index in [2.05, 4.69) is 15.2 Å². The van der Waals surface area contributed by atoms with Crippen molar-refractivity contribution in [3.8, 4) is 0 Å². The second kappa shape index (κ2) is 2.21. The lowest BCUT2D eigenvalue weighted by Gasteiger charge is -1.80. The minimum Gasteiger partial charge on any atom is -0.244 e. The molecule has 0 fully saturated rings. The van der Waals surface area contributed by atoms with Crippen LogP contribution in [-0.4, -0.2) is 15.2 Å². The van der Waals surface area contributed by atoms with E-state index in [1.807, 2.05) is 22.6 Å². The first-order valence-corrected chi connectivity index (χ1v) is 2.94. The van der Waals surface area contributed by atoms with Gasteiger partial charge in [0.05, 0.1) is 6.20 Å². The van der Waals surface area contributed by atoms with Crippen LogP contribution in [0, 0.1) is 3.70 Å². The lowest BCUT2D eigenvalue weighted by molar-refractivity contribution is 0.891. The summed E-state index contributed by atoms with van der Waals surface area (Å²) in [5, 5.41) is 5.74. The highest BCUT2D eigenvalue weighted by atomic mass is 127. The Kier molecular flexibility index (Phi) is 1.56. The number of nitrogens with zero attached hydrogens (tertiary/aromatic N) is 2. The normalized spacial score (nSPS) is 9.12. The molecule has 0 radical (unpaired) electrons. The molecule has 0 aliphatic rings. The largest absolute Gasteiger partial charge is 0.361 e. The highest BCUT2D eigenvalue weighted by Gasteiger charge is 1.83. The molecule has 1 rings (SSSR count). The minimum absolute atomic E-state index is 0.412. The van der Waals surface area contributed by atoms with Gasteiger partial charge >= 0.3 is 5.69 Å². The monoisotopic (exact) mass is 223 g/mol. The van der Waals surface area contributed by atoms with Gasteiger partial charge in [-0.2, -0.15) is 10.1 Å². The van der Waals surface area contributed by atoms with Crippen molar-refractivity contribution in [3.63, 3.8) is 0 Å². The van der Waals surface area contributed by atoms with E-state index in [1.54, 1.807) is 0 Å². The van der Waals surface area contributed by atoms with Crippen molar-refractivity contribution in [3.05, 3.63) is 20.4 Å². The molecular weight excluding hydrogens is 221 g/mol. The van der Waals surface area contributed by atoms with Crippen LogP contribution in [0.3, 0.4) is 0 Å². The van der Waals surface area contributed by atoms with E-state index >= 15 is 0 Å². The van der Waals surface area contributed by atoms with E-state index < -0.39 is 5.69 Å². The Balaban J connectivity index is 3.22. The van der Waals surface area contributed by atoms with Gasteiger partial charge in [-0.05, 0) is 22.6 Å². The smallest absolute Gasteiger partial charge is 0.244 e. The summed E-state index contributed by atoms with van der Waals surface area (Å²) < 4.78 is 0.683. The minimum atomic E-state index is -0.412. The summed E-state index contributed by atoms with van der Waals surface area (Å²) in [6, 6.07) is 0. The van der Waals surface area contributed by atoms with Gasteiger partial charge in [0.2, 0.25) is 0 Å². The molecule has 1 N–H and O–H groups in total. The van der Waals surface area contributed by atoms with E-state index in [4.69, 9.17) is 0 Å². The molecule has 0 amide bonds. The second-order valence-electron chi connectivity index (χ2n) is 1.11. The predicted octanol–water partition coefficient (Wildman–Crippen LogP) is -0.230. The summed E-state index contributed by atoms with van der Waals surface area (Å²) in [7, 11) is 0. The standard InChI is InChI=1S/C3H2IN3O/c4-2-1-5-3(8)7-6-2/h1H,(H,5,7,8). The van der Waals surface area contributed by atoms with Crippen molar-refractivity contribution < 1.29 is 0 Å². The SMILES string of the molecule is O=c1ncc(I)n[nH]1. The van der Waals surface area contributed by atoms with E-state index in [0.717, 1.165) is 0 Å². The van der Waals surface area contributed by atoms with Crippen LogP contribution in [0.5, 0.6) is 0 Å². The molecule has 1 aromatic rings. The fraction of sp³-hybridized carbons (Fsp3) is 0. The molecule has 1 heterocycles. The van der Waals surface area contributed by atoms with Gasteiger partial charge in [-0.25, -0.2) is 9.89 Å². The Morgan fingerprint density at radius 1 is 1.75 bits per heavy atom. The molecule has 42 valence electrons. The quantitative estimate of drug-likeness (QED) is 0.618. The molecule has 0 aliphatic carbocycles. The topological polar surface area (TPSA) is 58.6 Å². The van der Waals surface area contributed by atoms with Crippen LogP contribution in [0.1, 0.15) is 0 Å². The van der Waals surface area contributed by atoms with E-state index in [1.165, 1.54) is 6.20 Å². The van der Waals surface area contributed by atoms with Crippen LogP contribution in [0.2, 0.25) is 0 Å². The Hall–Kier alpha value is -0.460. The highest BCUT2D eigenvalue weighted by molar-refractivity contribution is 14.1. The molecule has 0 unspecified atom stereocenters. The molecule has 0 saturated carbocycles. The van der Waals surface area contributed by atoms with E-state index in [-0.39, 0.29) is 0 Å². The van der Waals surface area contributed by atoms with Gasteiger partial charge in [0.15, 0.2) is 0 Å². The van der Waals surface area contributed by atoms with Crippen molar-refractivity contribution in [2.75, 3.05) is 0 Å². The summed E-state index contributed by atoms with van der Waals surface area (Å²) >= 11 is 1.95. The summed E-state index contributed by atoms with van der Waals surface area (Å²) in [4.78, 5) is 13.6. The third-order valence-corrected chi connectivity index (χ3v) is 1.07. The first kappa shape index (κ1) is 5.67. The van der Waals surface area contributed by atoms with Gasteiger partial charge in [0.1, 0.15) is 3.70 Å². The molecule has 0 atom stereocenters. The average molecular weight is 223 g/mol. The lowest BCUT2D eigenvalue weighted by Crippen LogP contribution is -2.11. The van der Waals surface area contributed by atoms with Gasteiger partial charge in [-0.3, -0.25) is 0 Å². The summed E-state index contributed by atoms with van der Waals surface area (Å²) in [6.07, 6.45) is 1.40. The molecule has 0 saturated heterocycles. The van der Waals surface area contributed by atoms with Gasteiger partial charge < -0.3 is 0 Å². The fourth-order valence-corrected chi connectivity index (χ4v) is 0.531. The summed E-state index contributed by atoms with van der Waals surface area (Å²) in [6.45, 7) is 0. The Morgan fingerprint density at radius 2 is 2.50 bits per heavy atom. The molecule has 8 heavy (non-hydrogen) atoms. The Bertz CT molecular complexity index is 212. The van der Waals surface area contributed by atoms with Gasteiger partial charge in [0.25, 0.3) is 0 Å². The third kappa shape index (κ3) is 1.25. The Morgan fingerprint density at radius 3 is 2.88 bits per heavy atom. The lowest BCUT2D eigenvalue weighted by atomic mass is 10.9. The number of hydrogen-bond acceptors (Lipinski definition) is 3. The number of halogens is 1. The molecule has 4 nitrogen and oxygen atoms in total. The Labute approximate surface area is 58.5 Å². The number of aromatic nitrogens is 3. The summed E-state index contributed by atoms with van der Waals surface area (Å²) in [5.41, 5.74) is -0.412. The number of aromatic amines is 1. The highest BCUT2D eigenvalue weighted by Crippen LogP contribution is 1.88. The molecule has 0 aromatic carbocycles. The van der Waals surface area contributed by atoms with Crippen molar-refractivity contribution in [2.45, 2.75) is 0 Å². The van der Waals surface area contributed by atoms with E-state index in [9.17, 15) is 4.79 Å². The molecule has 0 spiro atoms. The van der Waals surface area contributed by atoms with Gasteiger partial charge in [-0.1, -0.05) is 0 Å². The molecular formula is C3H2IN3O. The van der Waals surface area contributed by atoms with Crippen LogP contribution >= 0.6 is 22.6 Å². The molecule has 5 heteroatoms. The maximum absolute atomic E-state index is 10.2. The average Bonchev–Trinajstić information content (AvgIpc) is 1.77. The number of rotatable bonds is 0. The van der Waals surface area contributed by atoms with E-state index in [0.29, 0.717) is 3.70 Å². The van der Waals surface area contributed by atoms with Crippen molar-refractivity contribution in [1.29, 1.82) is 0 Å². The zero-order chi connectivity index (χ0) is 5.98. The van der Waals surface area contributed by atoms with Crippen LogP contribution in [-0.2, 0) is 0 Å². The maximum Gasteiger partial charge on any atom is 0.361 e. The van der Waals surface area contributed by atoms with Crippen LogP contribution < -0.4 is 5.69 Å². The van der Waals surface area contributed by atoms with Crippen LogP contribution in [0.25, 0.3) is 0 Å². The predicted molar refractivity (Wildman–Crippen MR) is 35.4 cm³/mol. The molecule has 1 aromatic heterocycles. The van der Waals surface area contributed by atoms with Crippen molar-refractivity contribution in [2.24, 2.45) is 0 Å². The molecule has 0 bridgehead atoms. The first-order chi connectivity index (χ1) is 3.79. The van der Waals surface area contributed by atoms with Crippen LogP contribution in [0.4, 0.5) is 0 Å². The van der Waals surface area contributed by atoms with Crippen LogP contribution in [0.15, 0.2) is 11.0 Å². The molecule has 0 aliphatic heterocycles.